The molecule has 156 valence electrons. The van der Waals surface area contributed by atoms with Gasteiger partial charge in [0.05, 0.1) is 7.11 Å². The van der Waals surface area contributed by atoms with Crippen molar-refractivity contribution < 1.29 is 22.7 Å². The van der Waals surface area contributed by atoms with E-state index in [1.165, 1.54) is 17.7 Å². The molecule has 0 saturated carbocycles. The van der Waals surface area contributed by atoms with E-state index in [2.05, 4.69) is 5.32 Å². The van der Waals surface area contributed by atoms with Crippen LogP contribution in [0, 0.1) is 18.6 Å². The minimum Gasteiger partial charge on any atom is -0.496 e. The summed E-state index contributed by atoms with van der Waals surface area (Å²) in [6.07, 6.45) is 5.60. The van der Waals surface area contributed by atoms with E-state index < -0.39 is 17.5 Å². The first kappa shape index (κ1) is 20.1. The van der Waals surface area contributed by atoms with Crippen molar-refractivity contribution in [1.82, 2.24) is 0 Å². The topological polar surface area (TPSA) is 51.5 Å². The lowest BCUT2D eigenvalue weighted by atomic mass is 9.93. The molecule has 3 aromatic rings. The van der Waals surface area contributed by atoms with Crippen LogP contribution in [-0.4, -0.2) is 13.0 Å². The second-order valence-electron chi connectivity index (χ2n) is 7.62. The van der Waals surface area contributed by atoms with E-state index >= 15 is 0 Å². The number of furan rings is 1. The molecule has 1 aromatic heterocycles. The van der Waals surface area contributed by atoms with Gasteiger partial charge in [0.2, 0.25) is 5.91 Å². The number of halogens is 2. The molecule has 4 rings (SSSR count). The molecular weight excluding hydrogens is 388 g/mol. The first-order valence-electron chi connectivity index (χ1n) is 9.95. The van der Waals surface area contributed by atoms with Crippen molar-refractivity contribution in [1.29, 1.82) is 0 Å². The average Bonchev–Trinajstić information content (AvgIpc) is 3.09. The van der Waals surface area contributed by atoms with Crippen molar-refractivity contribution >= 4 is 28.1 Å². The number of allylic oxidation sites excluding steroid dienone is 1. The van der Waals surface area contributed by atoms with E-state index in [1.54, 1.807) is 7.11 Å². The van der Waals surface area contributed by atoms with Gasteiger partial charge in [-0.05, 0) is 56.9 Å². The number of hydrogen-bond donors (Lipinski definition) is 1. The Labute approximate surface area is 173 Å². The fourth-order valence-corrected chi connectivity index (χ4v) is 4.12. The number of methoxy groups -OCH3 is 1. The summed E-state index contributed by atoms with van der Waals surface area (Å²) in [5.74, 6) is -0.718. The summed E-state index contributed by atoms with van der Waals surface area (Å²) in [6.45, 7) is 3.77. The number of fused-ring (bicyclic) bond motifs is 3. The summed E-state index contributed by atoms with van der Waals surface area (Å²) < 4.78 is 38.3. The third kappa shape index (κ3) is 3.58. The minimum absolute atomic E-state index is 0.186. The number of hydrogen-bond acceptors (Lipinski definition) is 3. The average molecular weight is 411 g/mol. The number of benzene rings is 2. The van der Waals surface area contributed by atoms with Gasteiger partial charge in [0.15, 0.2) is 11.6 Å². The lowest BCUT2D eigenvalue weighted by Gasteiger charge is -2.13. The lowest BCUT2D eigenvalue weighted by molar-refractivity contribution is -0.111. The Morgan fingerprint density at radius 1 is 1.17 bits per heavy atom. The fourth-order valence-electron chi connectivity index (χ4n) is 4.12. The van der Waals surface area contributed by atoms with Crippen molar-refractivity contribution in [3.63, 3.8) is 0 Å². The number of carbonyl (C=O) groups is 1. The maximum Gasteiger partial charge on any atom is 0.248 e. The summed E-state index contributed by atoms with van der Waals surface area (Å²) in [5, 5.41) is 3.63. The van der Waals surface area contributed by atoms with Gasteiger partial charge in [-0.3, -0.25) is 4.79 Å². The Morgan fingerprint density at radius 2 is 1.93 bits per heavy atom. The highest BCUT2D eigenvalue weighted by atomic mass is 19.2. The highest BCUT2D eigenvalue weighted by Gasteiger charge is 2.23. The molecule has 0 saturated heterocycles. The van der Waals surface area contributed by atoms with Gasteiger partial charge in [0.1, 0.15) is 17.1 Å². The first-order chi connectivity index (χ1) is 14.4. The van der Waals surface area contributed by atoms with Gasteiger partial charge < -0.3 is 14.5 Å². The van der Waals surface area contributed by atoms with Crippen LogP contribution in [0.4, 0.5) is 14.5 Å². The van der Waals surface area contributed by atoms with Gasteiger partial charge in [-0.1, -0.05) is 0 Å². The zero-order chi connectivity index (χ0) is 21.4. The molecule has 1 aliphatic carbocycles. The van der Waals surface area contributed by atoms with Crippen LogP contribution >= 0.6 is 0 Å². The number of carbonyl (C=O) groups excluding carboxylic acids is 1. The lowest BCUT2D eigenvalue weighted by Crippen LogP contribution is -2.09. The molecular formula is C24H23F2NO3. The second-order valence-corrected chi connectivity index (χ2v) is 7.62. The minimum atomic E-state index is -1.01. The normalized spacial score (nSPS) is 14.0. The molecule has 6 heteroatoms. The summed E-state index contributed by atoms with van der Waals surface area (Å²) in [4.78, 5) is 12.5. The Kier molecular flexibility index (Phi) is 5.33. The molecule has 30 heavy (non-hydrogen) atoms. The van der Waals surface area contributed by atoms with Crippen molar-refractivity contribution in [3.05, 3.63) is 64.4 Å². The molecule has 1 amide bonds. The van der Waals surface area contributed by atoms with Gasteiger partial charge in [-0.2, -0.15) is 0 Å². The van der Waals surface area contributed by atoms with Crippen LogP contribution in [0.5, 0.6) is 5.75 Å². The van der Waals surface area contributed by atoms with E-state index in [0.29, 0.717) is 11.3 Å². The Balaban J connectivity index is 1.71. The SMILES string of the molecule is COc1c(/C(C)=C/C(=O)Nc2ccc(F)c(F)c2)cc2c3c(oc2c1C)CCCC3. The first-order valence-corrected chi connectivity index (χ1v) is 9.95. The number of aryl methyl sites for hydroxylation is 3. The standard InChI is InChI=1S/C24H23F2NO3/c1-13(10-22(28)27-15-8-9-19(25)20(26)11-15)17-12-18-16-6-4-5-7-21(16)30-24(18)14(2)23(17)29-3/h8-12H,4-7H2,1-3H3,(H,27,28)/b13-10+. The van der Waals surface area contributed by atoms with Crippen LogP contribution in [0.2, 0.25) is 0 Å². The van der Waals surface area contributed by atoms with E-state index in [0.717, 1.165) is 65.7 Å². The van der Waals surface area contributed by atoms with Crippen molar-refractivity contribution in [2.45, 2.75) is 39.5 Å². The van der Waals surface area contributed by atoms with Crippen molar-refractivity contribution in [2.75, 3.05) is 12.4 Å². The highest BCUT2D eigenvalue weighted by Crippen LogP contribution is 2.41. The molecule has 0 bridgehead atoms. The molecule has 1 N–H and O–H groups in total. The molecule has 0 spiro atoms. The van der Waals surface area contributed by atoms with E-state index in [-0.39, 0.29) is 5.69 Å². The molecule has 0 unspecified atom stereocenters. The number of nitrogens with one attached hydrogen (secondary N) is 1. The van der Waals surface area contributed by atoms with Gasteiger partial charge in [0.25, 0.3) is 0 Å². The second kappa shape index (κ2) is 7.94. The predicted molar refractivity (Wildman–Crippen MR) is 113 cm³/mol. The Hall–Kier alpha value is -3.15. The molecule has 0 fully saturated rings. The van der Waals surface area contributed by atoms with E-state index in [1.807, 2.05) is 19.9 Å². The van der Waals surface area contributed by atoms with Crippen LogP contribution < -0.4 is 10.1 Å². The van der Waals surface area contributed by atoms with Gasteiger partial charge >= 0.3 is 0 Å². The Bertz CT molecular complexity index is 1180. The van der Waals surface area contributed by atoms with Crippen molar-refractivity contribution in [2.24, 2.45) is 0 Å². The molecule has 4 nitrogen and oxygen atoms in total. The summed E-state index contributed by atoms with van der Waals surface area (Å²) in [5.41, 5.74) is 4.65. The number of ether oxygens (including phenoxy) is 1. The molecule has 0 radical (unpaired) electrons. The van der Waals surface area contributed by atoms with Crippen LogP contribution in [-0.2, 0) is 17.6 Å². The van der Waals surface area contributed by atoms with Crippen LogP contribution in [0.1, 0.15) is 42.2 Å². The maximum absolute atomic E-state index is 13.4. The van der Waals surface area contributed by atoms with Crippen LogP contribution in [0.25, 0.3) is 16.5 Å². The van der Waals surface area contributed by atoms with Crippen LogP contribution in [0.3, 0.4) is 0 Å². The largest absolute Gasteiger partial charge is 0.496 e. The molecule has 1 aliphatic rings. The third-order valence-electron chi connectivity index (χ3n) is 5.59. The zero-order valence-corrected chi connectivity index (χ0v) is 17.2. The predicted octanol–water partition coefficient (Wildman–Crippen LogP) is 5.95. The molecule has 0 aliphatic heterocycles. The van der Waals surface area contributed by atoms with E-state index in [9.17, 15) is 13.6 Å². The summed E-state index contributed by atoms with van der Waals surface area (Å²) >= 11 is 0. The van der Waals surface area contributed by atoms with Gasteiger partial charge in [-0.15, -0.1) is 0 Å². The highest BCUT2D eigenvalue weighted by molar-refractivity contribution is 6.05. The maximum atomic E-state index is 13.4. The zero-order valence-electron chi connectivity index (χ0n) is 17.2. The third-order valence-corrected chi connectivity index (χ3v) is 5.59. The Morgan fingerprint density at radius 3 is 2.67 bits per heavy atom. The smallest absolute Gasteiger partial charge is 0.248 e. The van der Waals surface area contributed by atoms with Gasteiger partial charge in [0, 0.05) is 46.3 Å². The molecule has 2 aromatic carbocycles. The number of amides is 1. The fraction of sp³-hybridized carbons (Fsp3) is 0.292. The monoisotopic (exact) mass is 411 g/mol. The molecule has 1 heterocycles. The van der Waals surface area contributed by atoms with Crippen LogP contribution in [0.15, 0.2) is 34.8 Å². The number of anilines is 1. The van der Waals surface area contributed by atoms with E-state index in [4.69, 9.17) is 9.15 Å². The summed E-state index contributed by atoms with van der Waals surface area (Å²) in [7, 11) is 1.59. The molecule has 0 atom stereocenters. The van der Waals surface area contributed by atoms with Gasteiger partial charge in [-0.25, -0.2) is 8.78 Å². The quantitative estimate of drug-likeness (QED) is 0.540. The summed E-state index contributed by atoms with van der Waals surface area (Å²) in [6, 6.07) is 5.26. The number of rotatable bonds is 4. The van der Waals surface area contributed by atoms with Crippen molar-refractivity contribution in [3.8, 4) is 5.75 Å².